The van der Waals surface area contributed by atoms with E-state index in [9.17, 15) is 0 Å². The number of nitrogens with zero attached hydrogens (tertiary/aromatic N) is 2. The molecule has 3 heteroatoms. The molecule has 1 N–H and O–H groups in total. The van der Waals surface area contributed by atoms with Crippen LogP contribution >= 0.6 is 0 Å². The van der Waals surface area contributed by atoms with Crippen LogP contribution in [0.4, 0.5) is 0 Å². The van der Waals surface area contributed by atoms with E-state index >= 15 is 0 Å². The molecule has 1 unspecified atom stereocenters. The quantitative estimate of drug-likeness (QED) is 0.757. The molecule has 0 radical (unpaired) electrons. The third-order valence-electron chi connectivity index (χ3n) is 3.04. The predicted octanol–water partition coefficient (Wildman–Crippen LogP) is 1.55. The zero-order chi connectivity index (χ0) is 11.8. The average Bonchev–Trinajstić information content (AvgIpc) is 2.34. The first-order chi connectivity index (χ1) is 7.77. The van der Waals surface area contributed by atoms with E-state index in [2.05, 4.69) is 41.3 Å². The molecule has 1 rings (SSSR count). The van der Waals surface area contributed by atoms with Gasteiger partial charge in [-0.2, -0.15) is 0 Å². The van der Waals surface area contributed by atoms with Crippen molar-refractivity contribution < 1.29 is 0 Å². The molecule has 90 valence electrons. The Labute approximate surface area is 98.9 Å². The summed E-state index contributed by atoms with van der Waals surface area (Å²) in [5, 5.41) is 3.25. The van der Waals surface area contributed by atoms with Gasteiger partial charge in [-0.1, -0.05) is 6.92 Å². The van der Waals surface area contributed by atoms with Gasteiger partial charge < -0.3 is 10.2 Å². The van der Waals surface area contributed by atoms with E-state index in [0.29, 0.717) is 6.04 Å². The molecule has 1 atom stereocenters. The Morgan fingerprint density at radius 3 is 2.62 bits per heavy atom. The molecule has 3 nitrogen and oxygen atoms in total. The second-order valence-electron chi connectivity index (χ2n) is 4.21. The molecule has 0 amide bonds. The van der Waals surface area contributed by atoms with Crippen molar-refractivity contribution in [3.05, 3.63) is 30.1 Å². The lowest BCUT2D eigenvalue weighted by Gasteiger charge is -2.26. The molecule has 16 heavy (non-hydrogen) atoms. The van der Waals surface area contributed by atoms with Gasteiger partial charge in [0.2, 0.25) is 0 Å². The lowest BCUT2D eigenvalue weighted by molar-refractivity contribution is 0.235. The van der Waals surface area contributed by atoms with Crippen LogP contribution < -0.4 is 5.32 Å². The number of hydrogen-bond acceptors (Lipinski definition) is 3. The molecule has 1 aromatic rings. The van der Waals surface area contributed by atoms with Gasteiger partial charge in [-0.3, -0.25) is 4.98 Å². The number of rotatable bonds is 7. The van der Waals surface area contributed by atoms with Gasteiger partial charge in [-0.05, 0) is 44.6 Å². The zero-order valence-electron chi connectivity index (χ0n) is 10.6. The normalized spacial score (nSPS) is 13.0. The van der Waals surface area contributed by atoms with Crippen LogP contribution in [0.15, 0.2) is 24.5 Å². The molecule has 1 heterocycles. The molecule has 0 aliphatic heterocycles. The molecule has 0 aromatic carbocycles. The van der Waals surface area contributed by atoms with Crippen LogP contribution in [-0.2, 0) is 6.42 Å². The lowest BCUT2D eigenvalue weighted by Crippen LogP contribution is -2.39. The van der Waals surface area contributed by atoms with Crippen molar-refractivity contribution in [3.8, 4) is 0 Å². The van der Waals surface area contributed by atoms with Gasteiger partial charge in [0.15, 0.2) is 0 Å². The first kappa shape index (κ1) is 13.1. The van der Waals surface area contributed by atoms with Crippen molar-refractivity contribution in [2.45, 2.75) is 25.8 Å². The zero-order valence-corrected chi connectivity index (χ0v) is 10.6. The first-order valence-corrected chi connectivity index (χ1v) is 6.01. The maximum Gasteiger partial charge on any atom is 0.0270 e. The molecule has 0 saturated heterocycles. The fraction of sp³-hybridized carbons (Fsp3) is 0.615. The predicted molar refractivity (Wildman–Crippen MR) is 68.6 cm³/mol. The number of aromatic nitrogens is 1. The van der Waals surface area contributed by atoms with Gasteiger partial charge in [-0.15, -0.1) is 0 Å². The third-order valence-corrected chi connectivity index (χ3v) is 3.04. The Bertz CT molecular complexity index is 274. The second-order valence-corrected chi connectivity index (χ2v) is 4.21. The second kappa shape index (κ2) is 7.36. The summed E-state index contributed by atoms with van der Waals surface area (Å²) in [6.45, 7) is 4.40. The summed E-state index contributed by atoms with van der Waals surface area (Å²) in [4.78, 5) is 6.46. The average molecular weight is 221 g/mol. The summed E-state index contributed by atoms with van der Waals surface area (Å²) in [7, 11) is 4.21. The Hall–Kier alpha value is -0.930. The van der Waals surface area contributed by atoms with Gasteiger partial charge >= 0.3 is 0 Å². The highest BCUT2D eigenvalue weighted by molar-refractivity contribution is 5.09. The summed E-state index contributed by atoms with van der Waals surface area (Å²) < 4.78 is 0. The summed E-state index contributed by atoms with van der Waals surface area (Å²) in [6.07, 6.45) is 6.01. The maximum atomic E-state index is 4.03. The van der Waals surface area contributed by atoms with Gasteiger partial charge in [0.25, 0.3) is 0 Å². The summed E-state index contributed by atoms with van der Waals surface area (Å²) in [5.74, 6) is 0. The van der Waals surface area contributed by atoms with E-state index < -0.39 is 0 Å². The molecule has 0 saturated carbocycles. The summed E-state index contributed by atoms with van der Waals surface area (Å²) >= 11 is 0. The summed E-state index contributed by atoms with van der Waals surface area (Å²) in [5.41, 5.74) is 1.36. The van der Waals surface area contributed by atoms with Crippen molar-refractivity contribution >= 4 is 0 Å². The Kier molecular flexibility index (Phi) is 6.04. The highest BCUT2D eigenvalue weighted by Gasteiger charge is 2.10. The van der Waals surface area contributed by atoms with Crippen LogP contribution in [0.1, 0.15) is 18.9 Å². The van der Waals surface area contributed by atoms with Crippen molar-refractivity contribution in [3.63, 3.8) is 0 Å². The molecular formula is C13H23N3. The van der Waals surface area contributed by atoms with Crippen LogP contribution in [0.3, 0.4) is 0 Å². The molecule has 1 aromatic heterocycles. The van der Waals surface area contributed by atoms with E-state index in [1.165, 1.54) is 12.0 Å². The van der Waals surface area contributed by atoms with Crippen LogP contribution in [0.25, 0.3) is 0 Å². The van der Waals surface area contributed by atoms with Crippen molar-refractivity contribution in [1.29, 1.82) is 0 Å². The van der Waals surface area contributed by atoms with Crippen LogP contribution in [0.2, 0.25) is 0 Å². The van der Waals surface area contributed by atoms with E-state index in [1.807, 2.05) is 19.4 Å². The number of likely N-dealkylation sites (N-methyl/N-ethyl adjacent to an activating group) is 2. The fourth-order valence-corrected chi connectivity index (χ4v) is 1.88. The number of pyridine rings is 1. The maximum absolute atomic E-state index is 4.03. The monoisotopic (exact) mass is 221 g/mol. The lowest BCUT2D eigenvalue weighted by atomic mass is 10.1. The first-order valence-electron chi connectivity index (χ1n) is 6.01. The van der Waals surface area contributed by atoms with Crippen LogP contribution in [0, 0.1) is 0 Å². The van der Waals surface area contributed by atoms with Gasteiger partial charge in [0.05, 0.1) is 0 Å². The van der Waals surface area contributed by atoms with Gasteiger partial charge in [0.1, 0.15) is 0 Å². The largest absolute Gasteiger partial charge is 0.318 e. The van der Waals surface area contributed by atoms with Crippen molar-refractivity contribution in [2.75, 3.05) is 27.2 Å². The molecular weight excluding hydrogens is 198 g/mol. The Morgan fingerprint density at radius 1 is 1.38 bits per heavy atom. The Balaban J connectivity index is 2.36. The van der Waals surface area contributed by atoms with E-state index in [-0.39, 0.29) is 0 Å². The van der Waals surface area contributed by atoms with E-state index in [4.69, 9.17) is 0 Å². The minimum atomic E-state index is 0.631. The van der Waals surface area contributed by atoms with E-state index in [1.54, 1.807) is 0 Å². The number of nitrogens with one attached hydrogen (secondary N) is 1. The minimum Gasteiger partial charge on any atom is -0.318 e. The SMILES string of the molecule is CCC(CNC)N(C)CCc1ccncc1. The highest BCUT2D eigenvalue weighted by atomic mass is 15.1. The Morgan fingerprint density at radius 2 is 2.06 bits per heavy atom. The minimum absolute atomic E-state index is 0.631. The van der Waals surface area contributed by atoms with Crippen molar-refractivity contribution in [2.24, 2.45) is 0 Å². The van der Waals surface area contributed by atoms with Gasteiger partial charge in [-0.25, -0.2) is 0 Å². The highest BCUT2D eigenvalue weighted by Crippen LogP contribution is 2.04. The molecule has 0 fully saturated rings. The molecule has 0 spiro atoms. The molecule has 0 aliphatic carbocycles. The molecule has 0 aliphatic rings. The fourth-order valence-electron chi connectivity index (χ4n) is 1.88. The van der Waals surface area contributed by atoms with Gasteiger partial charge in [0, 0.05) is 31.5 Å². The third kappa shape index (κ3) is 4.29. The van der Waals surface area contributed by atoms with Crippen molar-refractivity contribution in [1.82, 2.24) is 15.2 Å². The topological polar surface area (TPSA) is 28.2 Å². The number of hydrogen-bond donors (Lipinski definition) is 1. The molecule has 0 bridgehead atoms. The van der Waals surface area contributed by atoms with Crippen LogP contribution in [-0.4, -0.2) is 43.1 Å². The van der Waals surface area contributed by atoms with E-state index in [0.717, 1.165) is 19.5 Å². The smallest absolute Gasteiger partial charge is 0.0270 e. The van der Waals surface area contributed by atoms with Crippen LogP contribution in [0.5, 0.6) is 0 Å². The summed E-state index contributed by atoms with van der Waals surface area (Å²) in [6, 6.07) is 4.81. The standard InChI is InChI=1S/C13H23N3/c1-4-13(11-14-2)16(3)10-7-12-5-8-15-9-6-12/h5-6,8-9,13-14H,4,7,10-11H2,1-3H3.